The van der Waals surface area contributed by atoms with Gasteiger partial charge in [-0.15, -0.1) is 0 Å². The quantitative estimate of drug-likeness (QED) is 0.811. The molecule has 5 nitrogen and oxygen atoms in total. The molecule has 0 radical (unpaired) electrons. The Kier molecular flexibility index (Phi) is 3.67. The molecule has 1 aliphatic rings. The molecule has 2 atom stereocenters. The molecular formula is C14H18N2O3S. The lowest BCUT2D eigenvalue weighted by molar-refractivity contribution is 0.116. The molecule has 1 heterocycles. The number of ether oxygens (including phenoxy) is 1. The van der Waals surface area contributed by atoms with Crippen molar-refractivity contribution in [2.24, 2.45) is 0 Å². The summed E-state index contributed by atoms with van der Waals surface area (Å²) in [4.78, 5) is 4.51. The molecule has 0 unspecified atom stereocenters. The molecule has 0 bridgehead atoms. The summed E-state index contributed by atoms with van der Waals surface area (Å²) < 4.78 is 6.11. The van der Waals surface area contributed by atoms with Gasteiger partial charge in [-0.2, -0.15) is 0 Å². The number of phenols is 1. The number of nitrogens with zero attached hydrogens (tertiary/aromatic N) is 1. The lowest BCUT2D eigenvalue weighted by atomic mass is 9.93. The largest absolute Gasteiger partial charge is 0.508 e. The standard InChI is InChI=1S/C14H18N2O3S/c1-19-11-6-8(17)7-12-13(11)16-14(20-12)15-9-4-2-3-5-10(9)18/h6-7,9-10,17-18H,2-5H2,1H3,(H,15,16)/t9-,10-/m1/s1. The Hall–Kier alpha value is -1.53. The number of benzene rings is 1. The van der Waals surface area contributed by atoms with Crippen LogP contribution in [0.5, 0.6) is 11.5 Å². The molecule has 1 aromatic heterocycles. The van der Waals surface area contributed by atoms with Gasteiger partial charge < -0.3 is 20.3 Å². The first-order valence-corrected chi connectivity index (χ1v) is 7.61. The third-order valence-electron chi connectivity index (χ3n) is 3.70. The van der Waals surface area contributed by atoms with Crippen molar-refractivity contribution < 1.29 is 14.9 Å². The highest BCUT2D eigenvalue weighted by atomic mass is 32.1. The highest BCUT2D eigenvalue weighted by Gasteiger charge is 2.24. The molecule has 0 spiro atoms. The Morgan fingerprint density at radius 1 is 1.35 bits per heavy atom. The number of anilines is 1. The highest BCUT2D eigenvalue weighted by molar-refractivity contribution is 7.22. The number of rotatable bonds is 3. The van der Waals surface area contributed by atoms with E-state index in [1.54, 1.807) is 19.2 Å². The van der Waals surface area contributed by atoms with E-state index in [1.165, 1.54) is 11.3 Å². The van der Waals surface area contributed by atoms with Crippen LogP contribution in [0.1, 0.15) is 25.7 Å². The zero-order chi connectivity index (χ0) is 14.1. The van der Waals surface area contributed by atoms with Crippen LogP contribution in [-0.2, 0) is 0 Å². The van der Waals surface area contributed by atoms with E-state index >= 15 is 0 Å². The number of fused-ring (bicyclic) bond motifs is 1. The van der Waals surface area contributed by atoms with Crippen molar-refractivity contribution in [3.8, 4) is 11.5 Å². The van der Waals surface area contributed by atoms with E-state index in [1.807, 2.05) is 0 Å². The molecule has 6 heteroatoms. The summed E-state index contributed by atoms with van der Waals surface area (Å²) >= 11 is 1.46. The maximum absolute atomic E-state index is 10.00. The highest BCUT2D eigenvalue weighted by Crippen LogP contribution is 2.36. The Bertz CT molecular complexity index is 614. The minimum Gasteiger partial charge on any atom is -0.508 e. The summed E-state index contributed by atoms with van der Waals surface area (Å²) in [6, 6.07) is 3.29. The van der Waals surface area contributed by atoms with Gasteiger partial charge in [0.25, 0.3) is 0 Å². The Labute approximate surface area is 121 Å². The van der Waals surface area contributed by atoms with Gasteiger partial charge in [0.1, 0.15) is 17.0 Å². The van der Waals surface area contributed by atoms with Gasteiger partial charge in [-0.3, -0.25) is 0 Å². The summed E-state index contributed by atoms with van der Waals surface area (Å²) in [6.07, 6.45) is 3.70. The van der Waals surface area contributed by atoms with E-state index in [2.05, 4.69) is 10.3 Å². The van der Waals surface area contributed by atoms with Crippen LogP contribution in [0.2, 0.25) is 0 Å². The second kappa shape index (κ2) is 5.46. The van der Waals surface area contributed by atoms with E-state index < -0.39 is 0 Å². The maximum Gasteiger partial charge on any atom is 0.184 e. The average Bonchev–Trinajstić information content (AvgIpc) is 2.82. The first kappa shape index (κ1) is 13.5. The van der Waals surface area contributed by atoms with Crippen molar-refractivity contribution in [2.75, 3.05) is 12.4 Å². The number of hydrogen-bond acceptors (Lipinski definition) is 6. The molecule has 0 aliphatic heterocycles. The van der Waals surface area contributed by atoms with Gasteiger partial charge in [0.05, 0.1) is 24.0 Å². The molecule has 20 heavy (non-hydrogen) atoms. The monoisotopic (exact) mass is 294 g/mol. The average molecular weight is 294 g/mol. The smallest absolute Gasteiger partial charge is 0.184 e. The molecule has 1 aliphatic carbocycles. The minimum atomic E-state index is -0.314. The molecule has 1 fully saturated rings. The van der Waals surface area contributed by atoms with Gasteiger partial charge in [-0.05, 0) is 18.9 Å². The molecule has 108 valence electrons. The number of hydrogen-bond donors (Lipinski definition) is 3. The third-order valence-corrected chi connectivity index (χ3v) is 4.64. The lowest BCUT2D eigenvalue weighted by Crippen LogP contribution is -2.36. The van der Waals surface area contributed by atoms with Crippen LogP contribution in [0.3, 0.4) is 0 Å². The molecule has 3 rings (SSSR count). The van der Waals surface area contributed by atoms with Gasteiger partial charge in [-0.25, -0.2) is 4.98 Å². The fourth-order valence-corrected chi connectivity index (χ4v) is 3.62. The van der Waals surface area contributed by atoms with E-state index in [-0.39, 0.29) is 17.9 Å². The molecule has 3 N–H and O–H groups in total. The molecule has 2 aromatic rings. The van der Waals surface area contributed by atoms with Crippen molar-refractivity contribution in [1.29, 1.82) is 0 Å². The number of thiazole rings is 1. The Balaban J connectivity index is 1.89. The number of aliphatic hydroxyl groups excluding tert-OH is 1. The molecule has 1 saturated carbocycles. The van der Waals surface area contributed by atoms with Crippen molar-refractivity contribution in [3.63, 3.8) is 0 Å². The number of aromatic hydroxyl groups is 1. The van der Waals surface area contributed by atoms with Crippen LogP contribution < -0.4 is 10.1 Å². The van der Waals surface area contributed by atoms with Crippen LogP contribution in [0, 0.1) is 0 Å². The number of aliphatic hydroxyl groups is 1. The van der Waals surface area contributed by atoms with Crippen LogP contribution >= 0.6 is 11.3 Å². The van der Waals surface area contributed by atoms with E-state index in [0.29, 0.717) is 5.75 Å². The summed E-state index contributed by atoms with van der Waals surface area (Å²) in [7, 11) is 1.56. The van der Waals surface area contributed by atoms with Crippen molar-refractivity contribution in [2.45, 2.75) is 37.8 Å². The second-order valence-corrected chi connectivity index (χ2v) is 6.15. The topological polar surface area (TPSA) is 74.6 Å². The van der Waals surface area contributed by atoms with Crippen molar-refractivity contribution in [3.05, 3.63) is 12.1 Å². The van der Waals surface area contributed by atoms with Crippen LogP contribution in [-0.4, -0.2) is 34.5 Å². The van der Waals surface area contributed by atoms with Crippen LogP contribution in [0.25, 0.3) is 10.2 Å². The first-order valence-electron chi connectivity index (χ1n) is 6.79. The summed E-state index contributed by atoms with van der Waals surface area (Å²) in [6.45, 7) is 0. The van der Waals surface area contributed by atoms with Gasteiger partial charge in [-0.1, -0.05) is 24.2 Å². The van der Waals surface area contributed by atoms with Crippen molar-refractivity contribution >= 4 is 26.7 Å². The number of nitrogens with one attached hydrogen (secondary N) is 1. The Morgan fingerprint density at radius 3 is 2.90 bits per heavy atom. The number of methoxy groups -OCH3 is 1. The van der Waals surface area contributed by atoms with Crippen molar-refractivity contribution in [1.82, 2.24) is 4.98 Å². The fraction of sp³-hybridized carbons (Fsp3) is 0.500. The zero-order valence-corrected chi connectivity index (χ0v) is 12.1. The van der Waals surface area contributed by atoms with Crippen LogP contribution in [0.4, 0.5) is 5.13 Å². The normalized spacial score (nSPS) is 22.9. The molecule has 1 aromatic carbocycles. The molecular weight excluding hydrogens is 276 g/mol. The van der Waals surface area contributed by atoms with Crippen LogP contribution in [0.15, 0.2) is 12.1 Å². The van der Waals surface area contributed by atoms with Gasteiger partial charge in [0, 0.05) is 6.07 Å². The zero-order valence-electron chi connectivity index (χ0n) is 11.3. The molecule has 0 saturated heterocycles. The Morgan fingerprint density at radius 2 is 2.15 bits per heavy atom. The summed E-state index contributed by atoms with van der Waals surface area (Å²) in [5.74, 6) is 0.732. The maximum atomic E-state index is 10.00. The summed E-state index contributed by atoms with van der Waals surface area (Å²) in [5, 5.41) is 23.7. The minimum absolute atomic E-state index is 0.0592. The first-order chi connectivity index (χ1) is 9.67. The second-order valence-electron chi connectivity index (χ2n) is 5.12. The van der Waals surface area contributed by atoms with E-state index in [4.69, 9.17) is 4.74 Å². The van der Waals surface area contributed by atoms with Gasteiger partial charge in [0.2, 0.25) is 0 Å². The third kappa shape index (κ3) is 2.53. The predicted octanol–water partition coefficient (Wildman–Crippen LogP) is 2.73. The predicted molar refractivity (Wildman–Crippen MR) is 79.7 cm³/mol. The fourth-order valence-electron chi connectivity index (χ4n) is 2.64. The SMILES string of the molecule is COc1cc(O)cc2sc(N[C@@H]3CCCC[C@H]3O)nc12. The van der Waals surface area contributed by atoms with E-state index in [0.717, 1.165) is 41.0 Å². The van der Waals surface area contributed by atoms with Gasteiger partial charge in [0.15, 0.2) is 5.13 Å². The molecule has 0 amide bonds. The number of phenolic OH excluding ortho intramolecular Hbond substituents is 1. The van der Waals surface area contributed by atoms with E-state index in [9.17, 15) is 10.2 Å². The van der Waals surface area contributed by atoms with Gasteiger partial charge >= 0.3 is 0 Å². The number of aromatic nitrogens is 1. The lowest BCUT2D eigenvalue weighted by Gasteiger charge is -2.27. The summed E-state index contributed by atoms with van der Waals surface area (Å²) in [5.41, 5.74) is 0.739.